The van der Waals surface area contributed by atoms with Crippen LogP contribution in [0.4, 0.5) is 5.69 Å². The molecule has 0 aliphatic carbocycles. The number of carbonyl (C=O) groups is 2. The van der Waals surface area contributed by atoms with E-state index in [-0.39, 0.29) is 17.6 Å². The summed E-state index contributed by atoms with van der Waals surface area (Å²) < 4.78 is 0. The van der Waals surface area contributed by atoms with Crippen molar-refractivity contribution in [2.45, 2.75) is 13.8 Å². The lowest BCUT2D eigenvalue weighted by Crippen LogP contribution is -2.19. The maximum Gasteiger partial charge on any atom is 0.271 e. The Balaban J connectivity index is 2.09. The predicted molar refractivity (Wildman–Crippen MR) is 88.5 cm³/mol. The third-order valence-electron chi connectivity index (χ3n) is 3.06. The summed E-state index contributed by atoms with van der Waals surface area (Å²) in [6.07, 6.45) is 0. The van der Waals surface area contributed by atoms with Crippen molar-refractivity contribution in [3.8, 4) is 5.75 Å². The normalized spacial score (nSPS) is 11.0. The van der Waals surface area contributed by atoms with Gasteiger partial charge in [-0.1, -0.05) is 12.1 Å². The number of benzene rings is 2. The average Bonchev–Trinajstić information content (AvgIpc) is 2.52. The third kappa shape index (κ3) is 4.67. The first kappa shape index (κ1) is 16.2. The lowest BCUT2D eigenvalue weighted by Gasteiger charge is -2.06. The molecule has 0 unspecified atom stereocenters. The zero-order valence-corrected chi connectivity index (χ0v) is 12.8. The van der Waals surface area contributed by atoms with E-state index in [1.54, 1.807) is 25.1 Å². The fraction of sp³-hybridized carbons (Fsp3) is 0.118. The summed E-state index contributed by atoms with van der Waals surface area (Å²) in [5.41, 5.74) is 4.89. The molecule has 0 radical (unpaired) electrons. The van der Waals surface area contributed by atoms with Gasteiger partial charge in [0.2, 0.25) is 5.91 Å². The molecule has 3 N–H and O–H groups in total. The molecular weight excluding hydrogens is 294 g/mol. The summed E-state index contributed by atoms with van der Waals surface area (Å²) in [6.45, 7) is 3.19. The monoisotopic (exact) mass is 311 g/mol. The van der Waals surface area contributed by atoms with Crippen LogP contribution in [0.25, 0.3) is 0 Å². The van der Waals surface area contributed by atoms with Gasteiger partial charge in [-0.15, -0.1) is 0 Å². The molecule has 0 saturated heterocycles. The van der Waals surface area contributed by atoms with Crippen LogP contribution in [0.2, 0.25) is 0 Å². The van der Waals surface area contributed by atoms with E-state index in [9.17, 15) is 14.7 Å². The summed E-state index contributed by atoms with van der Waals surface area (Å²) >= 11 is 0. The molecule has 2 amide bonds. The molecule has 0 heterocycles. The topological polar surface area (TPSA) is 90.8 Å². The van der Waals surface area contributed by atoms with Gasteiger partial charge >= 0.3 is 0 Å². The van der Waals surface area contributed by atoms with Gasteiger partial charge in [0.1, 0.15) is 5.75 Å². The Morgan fingerprint density at radius 1 is 1.00 bits per heavy atom. The maximum atomic E-state index is 11.9. The van der Waals surface area contributed by atoms with Crippen LogP contribution >= 0.6 is 0 Å². The molecule has 2 rings (SSSR count). The van der Waals surface area contributed by atoms with Crippen molar-refractivity contribution < 1.29 is 14.7 Å². The van der Waals surface area contributed by atoms with Gasteiger partial charge in [-0.05, 0) is 48.9 Å². The summed E-state index contributed by atoms with van der Waals surface area (Å²) in [5.74, 6) is -0.434. The Kier molecular flexibility index (Phi) is 5.09. The molecular formula is C17H17N3O3. The second-order valence-electron chi connectivity index (χ2n) is 4.95. The van der Waals surface area contributed by atoms with Gasteiger partial charge in [-0.2, -0.15) is 5.10 Å². The fourth-order valence-electron chi connectivity index (χ4n) is 1.90. The number of phenols is 1. The minimum absolute atomic E-state index is 0.0935. The van der Waals surface area contributed by atoms with Crippen molar-refractivity contribution in [2.24, 2.45) is 5.10 Å². The number of phenolic OH excluding ortho intramolecular Hbond substituents is 1. The first-order valence-electron chi connectivity index (χ1n) is 6.97. The number of nitrogens with one attached hydrogen (secondary N) is 2. The Bertz CT molecular complexity index is 752. The van der Waals surface area contributed by atoms with Gasteiger partial charge in [-0.3, -0.25) is 9.59 Å². The lowest BCUT2D eigenvalue weighted by atomic mass is 10.1. The molecule has 0 aliphatic rings. The van der Waals surface area contributed by atoms with E-state index in [2.05, 4.69) is 15.8 Å². The second-order valence-corrected chi connectivity index (χ2v) is 4.95. The lowest BCUT2D eigenvalue weighted by molar-refractivity contribution is -0.114. The van der Waals surface area contributed by atoms with Crippen molar-refractivity contribution >= 4 is 23.2 Å². The van der Waals surface area contributed by atoms with E-state index in [4.69, 9.17) is 0 Å². The number of nitrogens with zero attached hydrogens (tertiary/aromatic N) is 1. The van der Waals surface area contributed by atoms with Crippen molar-refractivity contribution in [1.82, 2.24) is 5.43 Å². The van der Waals surface area contributed by atoms with Gasteiger partial charge in [0, 0.05) is 18.2 Å². The molecule has 0 spiro atoms. The van der Waals surface area contributed by atoms with E-state index < -0.39 is 0 Å². The molecule has 6 heteroatoms. The van der Waals surface area contributed by atoms with Crippen LogP contribution in [-0.2, 0) is 4.79 Å². The third-order valence-corrected chi connectivity index (χ3v) is 3.06. The Morgan fingerprint density at radius 3 is 2.35 bits per heavy atom. The first-order valence-corrected chi connectivity index (χ1v) is 6.97. The Morgan fingerprint density at radius 2 is 1.70 bits per heavy atom. The average molecular weight is 311 g/mol. The molecule has 0 aromatic heterocycles. The van der Waals surface area contributed by atoms with Crippen molar-refractivity contribution in [3.05, 3.63) is 59.7 Å². The van der Waals surface area contributed by atoms with Gasteiger partial charge in [-0.25, -0.2) is 5.43 Å². The minimum atomic E-state index is -0.373. The van der Waals surface area contributed by atoms with Gasteiger partial charge in [0.15, 0.2) is 0 Å². The summed E-state index contributed by atoms with van der Waals surface area (Å²) in [5, 5.41) is 16.0. The zero-order valence-electron chi connectivity index (χ0n) is 12.8. The molecule has 118 valence electrons. The minimum Gasteiger partial charge on any atom is -0.508 e. The van der Waals surface area contributed by atoms with Crippen LogP contribution in [0.15, 0.2) is 53.6 Å². The van der Waals surface area contributed by atoms with Crippen molar-refractivity contribution in [2.75, 3.05) is 5.32 Å². The Labute approximate surface area is 133 Å². The van der Waals surface area contributed by atoms with Crippen molar-refractivity contribution in [3.63, 3.8) is 0 Å². The highest BCUT2D eigenvalue weighted by atomic mass is 16.3. The highest BCUT2D eigenvalue weighted by Crippen LogP contribution is 2.12. The number of aromatic hydroxyl groups is 1. The van der Waals surface area contributed by atoms with Crippen LogP contribution in [-0.4, -0.2) is 22.6 Å². The number of carbonyl (C=O) groups excluding carboxylic acids is 2. The van der Waals surface area contributed by atoms with Crippen LogP contribution in [0.5, 0.6) is 5.75 Å². The van der Waals surface area contributed by atoms with E-state index in [0.29, 0.717) is 17.0 Å². The molecule has 6 nitrogen and oxygen atoms in total. The van der Waals surface area contributed by atoms with E-state index >= 15 is 0 Å². The van der Waals surface area contributed by atoms with Crippen LogP contribution in [0.1, 0.15) is 29.8 Å². The summed E-state index contributed by atoms with van der Waals surface area (Å²) in [7, 11) is 0. The standard InChI is InChI=1S/C17H17N3O3/c1-11(14-4-3-5-15(10-14)18-12(2)21)19-20-17(23)13-6-8-16(22)9-7-13/h3-10,22H,1-2H3,(H,18,21)(H,20,23)/b19-11-. The smallest absolute Gasteiger partial charge is 0.271 e. The van der Waals surface area contributed by atoms with Crippen LogP contribution in [0, 0.1) is 0 Å². The molecule has 0 atom stereocenters. The number of hydrogen-bond donors (Lipinski definition) is 3. The number of anilines is 1. The van der Waals surface area contributed by atoms with Crippen LogP contribution < -0.4 is 10.7 Å². The molecule has 0 aliphatic heterocycles. The highest BCUT2D eigenvalue weighted by Gasteiger charge is 2.05. The number of hydrazone groups is 1. The summed E-state index contributed by atoms with van der Waals surface area (Å²) in [4.78, 5) is 23.0. The zero-order chi connectivity index (χ0) is 16.8. The SMILES string of the molecule is CC(=O)Nc1cccc(/C(C)=N\NC(=O)c2ccc(O)cc2)c1. The predicted octanol–water partition coefficient (Wildman–Crippen LogP) is 2.50. The van der Waals surface area contributed by atoms with Crippen molar-refractivity contribution in [1.29, 1.82) is 0 Å². The molecule has 2 aromatic rings. The summed E-state index contributed by atoms with van der Waals surface area (Å²) in [6, 6.07) is 13.0. The molecule has 0 saturated carbocycles. The number of hydrogen-bond acceptors (Lipinski definition) is 4. The fourth-order valence-corrected chi connectivity index (χ4v) is 1.90. The largest absolute Gasteiger partial charge is 0.508 e. The molecule has 2 aromatic carbocycles. The van der Waals surface area contributed by atoms with Gasteiger partial charge < -0.3 is 10.4 Å². The molecule has 23 heavy (non-hydrogen) atoms. The van der Waals surface area contributed by atoms with Crippen LogP contribution in [0.3, 0.4) is 0 Å². The maximum absolute atomic E-state index is 11.9. The Hall–Kier alpha value is -3.15. The number of amides is 2. The van der Waals surface area contributed by atoms with Gasteiger partial charge in [0.05, 0.1) is 5.71 Å². The van der Waals surface area contributed by atoms with E-state index in [0.717, 1.165) is 5.56 Å². The molecule has 0 fully saturated rings. The van der Waals surface area contributed by atoms with E-state index in [1.807, 2.05) is 6.07 Å². The van der Waals surface area contributed by atoms with E-state index in [1.165, 1.54) is 31.2 Å². The highest BCUT2D eigenvalue weighted by molar-refractivity contribution is 6.02. The van der Waals surface area contributed by atoms with Gasteiger partial charge in [0.25, 0.3) is 5.91 Å². The quantitative estimate of drug-likeness (QED) is 0.598. The first-order chi connectivity index (χ1) is 11.0. The second kappa shape index (κ2) is 7.22. The molecule has 0 bridgehead atoms. The number of rotatable bonds is 4.